The summed E-state index contributed by atoms with van der Waals surface area (Å²) in [6.45, 7) is 6.63. The molecule has 1 saturated carbocycles. The zero-order valence-electron chi connectivity index (χ0n) is 7.65. The van der Waals surface area contributed by atoms with Gasteiger partial charge in [0.25, 0.3) is 0 Å². The molecule has 0 saturated heterocycles. The van der Waals surface area contributed by atoms with Gasteiger partial charge in [-0.25, -0.2) is 0 Å². The Morgan fingerprint density at radius 2 is 2.09 bits per heavy atom. The molecule has 1 aliphatic rings. The van der Waals surface area contributed by atoms with Crippen LogP contribution in [0.4, 0.5) is 0 Å². The Morgan fingerprint density at radius 1 is 1.55 bits per heavy atom. The van der Waals surface area contributed by atoms with Crippen LogP contribution in [0.5, 0.6) is 0 Å². The second-order valence-electron chi connectivity index (χ2n) is 4.32. The minimum Gasteiger partial charge on any atom is -0.301 e. The predicted octanol–water partition coefficient (Wildman–Crippen LogP) is 1.79. The average Bonchev–Trinajstić information content (AvgIpc) is 1.83. The van der Waals surface area contributed by atoms with Crippen LogP contribution in [0.15, 0.2) is 0 Å². The van der Waals surface area contributed by atoms with Crippen LogP contribution in [0.2, 0.25) is 0 Å². The first kappa shape index (κ1) is 8.62. The molecule has 0 aromatic rings. The zero-order valence-corrected chi connectivity index (χ0v) is 7.65. The van der Waals surface area contributed by atoms with Gasteiger partial charge in [0, 0.05) is 6.04 Å². The molecule has 1 aliphatic carbocycles. The number of hydrogen-bond donors (Lipinski definition) is 1. The Hall–Kier alpha value is -0.480. The highest BCUT2D eigenvalue weighted by Crippen LogP contribution is 2.39. The SMILES string of the molecule is C#CC(C)NC1CC(C)(C)C1. The third-order valence-electron chi connectivity index (χ3n) is 2.33. The van der Waals surface area contributed by atoms with Gasteiger partial charge in [0.2, 0.25) is 0 Å². The predicted molar refractivity (Wildman–Crippen MR) is 48.2 cm³/mol. The lowest BCUT2D eigenvalue weighted by atomic mass is 9.68. The van der Waals surface area contributed by atoms with Gasteiger partial charge in [-0.1, -0.05) is 19.8 Å². The fourth-order valence-corrected chi connectivity index (χ4v) is 1.79. The lowest BCUT2D eigenvalue weighted by molar-refractivity contribution is 0.123. The van der Waals surface area contributed by atoms with E-state index in [-0.39, 0.29) is 6.04 Å². The minimum atomic E-state index is 0.232. The molecule has 0 heterocycles. The molecule has 11 heavy (non-hydrogen) atoms. The van der Waals surface area contributed by atoms with Crippen molar-refractivity contribution in [3.05, 3.63) is 0 Å². The van der Waals surface area contributed by atoms with Gasteiger partial charge < -0.3 is 5.32 Å². The van der Waals surface area contributed by atoms with Crippen molar-refractivity contribution in [3.8, 4) is 12.3 Å². The van der Waals surface area contributed by atoms with E-state index in [1.54, 1.807) is 0 Å². The van der Waals surface area contributed by atoms with E-state index in [0.717, 1.165) is 0 Å². The maximum Gasteiger partial charge on any atom is 0.0660 e. The summed E-state index contributed by atoms with van der Waals surface area (Å²) in [4.78, 5) is 0. The van der Waals surface area contributed by atoms with E-state index in [9.17, 15) is 0 Å². The quantitative estimate of drug-likeness (QED) is 0.593. The lowest BCUT2D eigenvalue weighted by Gasteiger charge is -2.43. The lowest BCUT2D eigenvalue weighted by Crippen LogP contribution is -2.48. The Balaban J connectivity index is 2.20. The van der Waals surface area contributed by atoms with Crippen LogP contribution < -0.4 is 5.32 Å². The topological polar surface area (TPSA) is 12.0 Å². The standard InChI is InChI=1S/C10H17N/c1-5-8(2)11-9-6-10(3,4)7-9/h1,8-9,11H,6-7H2,2-4H3. The molecular weight excluding hydrogens is 134 g/mol. The van der Waals surface area contributed by atoms with Crippen molar-refractivity contribution in [3.63, 3.8) is 0 Å². The Bertz CT molecular complexity index is 168. The molecular formula is C10H17N. The summed E-state index contributed by atoms with van der Waals surface area (Å²) in [6.07, 6.45) is 7.78. The van der Waals surface area contributed by atoms with Crippen molar-refractivity contribution in [1.82, 2.24) is 5.32 Å². The fourth-order valence-electron chi connectivity index (χ4n) is 1.79. The smallest absolute Gasteiger partial charge is 0.0660 e. The van der Waals surface area contributed by atoms with E-state index in [0.29, 0.717) is 11.5 Å². The molecule has 1 fully saturated rings. The van der Waals surface area contributed by atoms with Crippen molar-refractivity contribution in [2.75, 3.05) is 0 Å². The normalized spacial score (nSPS) is 25.3. The van der Waals surface area contributed by atoms with Gasteiger partial charge in [0.15, 0.2) is 0 Å². The van der Waals surface area contributed by atoms with E-state index in [1.165, 1.54) is 12.8 Å². The molecule has 1 N–H and O–H groups in total. The van der Waals surface area contributed by atoms with Gasteiger partial charge in [0.1, 0.15) is 0 Å². The van der Waals surface area contributed by atoms with Gasteiger partial charge in [-0.3, -0.25) is 0 Å². The Kier molecular flexibility index (Phi) is 2.25. The third-order valence-corrected chi connectivity index (χ3v) is 2.33. The Morgan fingerprint density at radius 3 is 2.45 bits per heavy atom. The van der Waals surface area contributed by atoms with Crippen molar-refractivity contribution < 1.29 is 0 Å². The van der Waals surface area contributed by atoms with Gasteiger partial charge in [-0.2, -0.15) is 0 Å². The van der Waals surface area contributed by atoms with Gasteiger partial charge in [0.05, 0.1) is 6.04 Å². The maximum absolute atomic E-state index is 5.25. The molecule has 0 aliphatic heterocycles. The van der Waals surface area contributed by atoms with E-state index >= 15 is 0 Å². The Labute approximate surface area is 69.6 Å². The molecule has 1 rings (SSSR count). The van der Waals surface area contributed by atoms with Crippen molar-refractivity contribution >= 4 is 0 Å². The number of terminal acetylenes is 1. The molecule has 0 spiro atoms. The van der Waals surface area contributed by atoms with Gasteiger partial charge >= 0.3 is 0 Å². The largest absolute Gasteiger partial charge is 0.301 e. The van der Waals surface area contributed by atoms with Crippen LogP contribution in [0.1, 0.15) is 33.6 Å². The maximum atomic E-state index is 5.25. The van der Waals surface area contributed by atoms with Gasteiger partial charge in [-0.05, 0) is 25.2 Å². The number of nitrogens with one attached hydrogen (secondary N) is 1. The highest BCUT2D eigenvalue weighted by atomic mass is 15.0. The fraction of sp³-hybridized carbons (Fsp3) is 0.800. The van der Waals surface area contributed by atoms with Gasteiger partial charge in [-0.15, -0.1) is 6.42 Å². The molecule has 1 heteroatoms. The van der Waals surface area contributed by atoms with Crippen LogP contribution in [-0.2, 0) is 0 Å². The molecule has 0 radical (unpaired) electrons. The summed E-state index contributed by atoms with van der Waals surface area (Å²) >= 11 is 0. The molecule has 1 nitrogen and oxygen atoms in total. The summed E-state index contributed by atoms with van der Waals surface area (Å²) in [7, 11) is 0. The summed E-state index contributed by atoms with van der Waals surface area (Å²) in [5.41, 5.74) is 0.548. The molecule has 62 valence electrons. The molecule has 1 atom stereocenters. The molecule has 0 aromatic heterocycles. The first-order chi connectivity index (χ1) is 5.03. The first-order valence-corrected chi connectivity index (χ1v) is 4.26. The van der Waals surface area contributed by atoms with Crippen LogP contribution in [0.3, 0.4) is 0 Å². The van der Waals surface area contributed by atoms with Crippen molar-refractivity contribution in [2.45, 2.75) is 45.7 Å². The highest BCUT2D eigenvalue weighted by molar-refractivity contribution is 5.01. The summed E-state index contributed by atoms with van der Waals surface area (Å²) in [5, 5.41) is 3.39. The molecule has 0 amide bonds. The highest BCUT2D eigenvalue weighted by Gasteiger charge is 2.35. The van der Waals surface area contributed by atoms with Crippen molar-refractivity contribution in [2.24, 2.45) is 5.41 Å². The average molecular weight is 151 g/mol. The summed E-state index contributed by atoms with van der Waals surface area (Å²) < 4.78 is 0. The third kappa shape index (κ3) is 2.24. The molecule has 0 bridgehead atoms. The number of hydrogen-bond acceptors (Lipinski definition) is 1. The van der Waals surface area contributed by atoms with Crippen LogP contribution in [0.25, 0.3) is 0 Å². The summed E-state index contributed by atoms with van der Waals surface area (Å²) in [6, 6.07) is 0.896. The van der Waals surface area contributed by atoms with Crippen LogP contribution in [-0.4, -0.2) is 12.1 Å². The zero-order chi connectivity index (χ0) is 8.48. The van der Waals surface area contributed by atoms with E-state index < -0.39 is 0 Å². The second kappa shape index (κ2) is 2.87. The minimum absolute atomic E-state index is 0.232. The van der Waals surface area contributed by atoms with Crippen LogP contribution in [0, 0.1) is 17.8 Å². The van der Waals surface area contributed by atoms with E-state index in [2.05, 4.69) is 25.1 Å². The molecule has 0 aromatic carbocycles. The monoisotopic (exact) mass is 151 g/mol. The van der Waals surface area contributed by atoms with Crippen LogP contribution >= 0.6 is 0 Å². The molecule has 1 unspecified atom stereocenters. The summed E-state index contributed by atoms with van der Waals surface area (Å²) in [5.74, 6) is 2.68. The second-order valence-corrected chi connectivity index (χ2v) is 4.32. The van der Waals surface area contributed by atoms with E-state index in [4.69, 9.17) is 6.42 Å². The first-order valence-electron chi connectivity index (χ1n) is 4.26. The number of rotatable bonds is 2. The van der Waals surface area contributed by atoms with E-state index in [1.807, 2.05) is 6.92 Å². The van der Waals surface area contributed by atoms with Crippen molar-refractivity contribution in [1.29, 1.82) is 0 Å².